The Morgan fingerprint density at radius 1 is 1.04 bits per heavy atom. The molecule has 3 aromatic rings. The maximum absolute atomic E-state index is 16.0. The van der Waals surface area contributed by atoms with Crippen molar-refractivity contribution >= 4 is 16.9 Å². The first-order valence-corrected chi connectivity index (χ1v) is 15.8. The van der Waals surface area contributed by atoms with E-state index in [4.69, 9.17) is 0 Å². The third-order valence-electron chi connectivity index (χ3n) is 9.89. The van der Waals surface area contributed by atoms with E-state index in [1.165, 1.54) is 18.2 Å². The fourth-order valence-corrected chi connectivity index (χ4v) is 7.04. The number of hydrogen-bond acceptors (Lipinski definition) is 6. The van der Waals surface area contributed by atoms with Crippen molar-refractivity contribution in [1.29, 1.82) is 5.26 Å². The molecule has 45 heavy (non-hydrogen) atoms. The number of aromatic nitrogens is 3. The largest absolute Gasteiger partial charge is 0.363 e. The number of alkyl halides is 4. The Morgan fingerprint density at radius 3 is 2.44 bits per heavy atom. The Balaban J connectivity index is 1.53. The third kappa shape index (κ3) is 5.68. The van der Waals surface area contributed by atoms with Gasteiger partial charge in [0.05, 0.1) is 34.5 Å². The minimum atomic E-state index is -3.37. The smallest absolute Gasteiger partial charge is 0.278 e. The molecule has 7 rings (SSSR count). The molecule has 1 saturated heterocycles. The van der Waals surface area contributed by atoms with E-state index in [0.717, 1.165) is 10.6 Å². The van der Waals surface area contributed by atoms with Gasteiger partial charge in [0.2, 0.25) is 0 Å². The highest BCUT2D eigenvalue weighted by molar-refractivity contribution is 5.88. The van der Waals surface area contributed by atoms with E-state index < -0.39 is 52.7 Å². The van der Waals surface area contributed by atoms with E-state index in [1.807, 2.05) is 0 Å². The van der Waals surface area contributed by atoms with Gasteiger partial charge >= 0.3 is 0 Å². The lowest BCUT2D eigenvalue weighted by Crippen LogP contribution is -2.40. The molecule has 2 fully saturated rings. The van der Waals surface area contributed by atoms with Crippen LogP contribution in [0.4, 0.5) is 27.8 Å². The molecule has 4 aliphatic rings. The second-order valence-corrected chi connectivity index (χ2v) is 12.8. The molecule has 2 aromatic heterocycles. The number of hydrogen-bond donors (Lipinski definition) is 1. The summed E-state index contributed by atoms with van der Waals surface area (Å²) >= 11 is 0. The van der Waals surface area contributed by atoms with E-state index in [9.17, 15) is 18.8 Å². The average Bonchev–Trinajstić information content (AvgIpc) is 3.80. The Morgan fingerprint density at radius 2 is 1.78 bits per heavy atom. The Labute approximate surface area is 258 Å². The molecule has 0 amide bonds. The zero-order valence-electron chi connectivity index (χ0n) is 25.4. The Hall–Kier alpha value is -3.59. The second kappa shape index (κ2) is 12.0. The lowest BCUT2D eigenvalue weighted by atomic mass is 9.85. The Bertz CT molecular complexity index is 1690. The normalized spacial score (nSPS) is 26.4. The van der Waals surface area contributed by atoms with Gasteiger partial charge in [-0.3, -0.25) is 9.36 Å². The summed E-state index contributed by atoms with van der Waals surface area (Å²) in [5.41, 5.74) is -2.33. The molecular weight excluding hydrogens is 591 g/mol. The topological polar surface area (TPSA) is 86.8 Å². The monoisotopic (exact) mass is 628 g/mol. The summed E-state index contributed by atoms with van der Waals surface area (Å²) in [5.74, 6) is -5.06. The van der Waals surface area contributed by atoms with Crippen molar-refractivity contribution in [2.75, 3.05) is 25.0 Å². The van der Waals surface area contributed by atoms with Crippen LogP contribution in [-0.4, -0.2) is 45.5 Å². The van der Waals surface area contributed by atoms with Gasteiger partial charge in [-0.2, -0.15) is 5.26 Å². The van der Waals surface area contributed by atoms with Crippen LogP contribution in [0.5, 0.6) is 0 Å². The molecule has 3 aliphatic heterocycles. The highest BCUT2D eigenvalue weighted by atomic mass is 19.3. The van der Waals surface area contributed by atoms with Crippen molar-refractivity contribution in [3.8, 4) is 6.07 Å². The number of nitrogens with zero attached hydrogens (tertiary/aromatic N) is 5. The summed E-state index contributed by atoms with van der Waals surface area (Å²) in [4.78, 5) is 25.0. The standard InChI is InChI=1S/C33H37F5N6O/c1-19-22-7-6-8-24(27(22)34)33(37,38)21-10-15-43(16-11-21)14-5-3-4-9-26(28(35)36)44-30-23(29(40-19)41-20(2)42-30)17-25(31(44)45)32(18-39)12-13-32/h6-8,17,19,21,26,28H,3-5,9-16H2,1-2H3,(H,40,41,42)/t19-,26?/m1/s1. The van der Waals surface area contributed by atoms with Crippen LogP contribution in [0.1, 0.15) is 92.9 Å². The summed E-state index contributed by atoms with van der Waals surface area (Å²) in [5, 5.41) is 13.3. The molecule has 1 unspecified atom stereocenters. The van der Waals surface area contributed by atoms with Gasteiger partial charge in [-0.05, 0) is 78.1 Å². The Kier molecular flexibility index (Phi) is 8.35. The predicted octanol–water partition coefficient (Wildman–Crippen LogP) is 7.15. The van der Waals surface area contributed by atoms with Crippen LogP contribution in [0.2, 0.25) is 0 Å². The highest BCUT2D eigenvalue weighted by Crippen LogP contribution is 2.48. The number of halogens is 5. The maximum Gasteiger partial charge on any atom is 0.278 e. The van der Waals surface area contributed by atoms with Crippen LogP contribution in [0, 0.1) is 30.0 Å². The van der Waals surface area contributed by atoms with Crippen LogP contribution in [0.15, 0.2) is 29.1 Å². The van der Waals surface area contributed by atoms with E-state index in [2.05, 4.69) is 26.3 Å². The number of nitriles is 1. The van der Waals surface area contributed by atoms with E-state index in [0.29, 0.717) is 51.7 Å². The molecule has 1 aliphatic carbocycles. The number of rotatable bonds is 2. The van der Waals surface area contributed by atoms with Gasteiger partial charge in [-0.25, -0.2) is 31.9 Å². The summed E-state index contributed by atoms with van der Waals surface area (Å²) < 4.78 is 78.3. The van der Waals surface area contributed by atoms with Crippen LogP contribution in [0.25, 0.3) is 11.0 Å². The van der Waals surface area contributed by atoms with Crippen molar-refractivity contribution in [2.24, 2.45) is 5.92 Å². The number of aryl methyl sites for hydroxylation is 1. The van der Waals surface area contributed by atoms with Gasteiger partial charge in [0.15, 0.2) is 0 Å². The molecule has 2 atom stereocenters. The van der Waals surface area contributed by atoms with E-state index in [1.54, 1.807) is 13.8 Å². The van der Waals surface area contributed by atoms with Crippen LogP contribution in [0.3, 0.4) is 0 Å². The summed E-state index contributed by atoms with van der Waals surface area (Å²) in [6.07, 6.45) is 0.145. The van der Waals surface area contributed by atoms with Gasteiger partial charge in [0, 0.05) is 17.0 Å². The van der Waals surface area contributed by atoms with Gasteiger partial charge in [-0.1, -0.05) is 31.0 Å². The van der Waals surface area contributed by atoms with Gasteiger partial charge in [0.25, 0.3) is 17.9 Å². The predicted molar refractivity (Wildman–Crippen MR) is 160 cm³/mol. The second-order valence-electron chi connectivity index (χ2n) is 12.8. The minimum absolute atomic E-state index is 0.00174. The van der Waals surface area contributed by atoms with Crippen molar-refractivity contribution in [2.45, 2.75) is 95.1 Å². The van der Waals surface area contributed by atoms with Crippen molar-refractivity contribution in [3.63, 3.8) is 0 Å². The van der Waals surface area contributed by atoms with Gasteiger partial charge in [-0.15, -0.1) is 0 Å². The molecule has 240 valence electrons. The third-order valence-corrected chi connectivity index (χ3v) is 9.89. The van der Waals surface area contributed by atoms with Gasteiger partial charge < -0.3 is 10.2 Å². The number of piperidine rings is 1. The van der Waals surface area contributed by atoms with Crippen molar-refractivity contribution in [1.82, 2.24) is 19.4 Å². The van der Waals surface area contributed by atoms with Gasteiger partial charge in [0.1, 0.15) is 23.1 Å². The van der Waals surface area contributed by atoms with Crippen molar-refractivity contribution < 1.29 is 22.0 Å². The summed E-state index contributed by atoms with van der Waals surface area (Å²) in [6, 6.07) is 5.32. The molecule has 0 spiro atoms. The first-order chi connectivity index (χ1) is 21.5. The molecule has 12 heteroatoms. The first-order valence-electron chi connectivity index (χ1n) is 15.8. The van der Waals surface area contributed by atoms with Crippen LogP contribution in [-0.2, 0) is 11.3 Å². The minimum Gasteiger partial charge on any atom is -0.363 e. The van der Waals surface area contributed by atoms with E-state index >= 15 is 13.2 Å². The molecular formula is C33H37F5N6O. The lowest BCUT2D eigenvalue weighted by Gasteiger charge is -2.36. The quantitative estimate of drug-likeness (QED) is 0.304. The molecule has 1 N–H and O–H groups in total. The summed E-state index contributed by atoms with van der Waals surface area (Å²) in [6.45, 7) is 4.70. The van der Waals surface area contributed by atoms with E-state index in [-0.39, 0.29) is 53.1 Å². The first kappa shape index (κ1) is 31.4. The molecule has 7 nitrogen and oxygen atoms in total. The van der Waals surface area contributed by atoms with Crippen LogP contribution >= 0.6 is 0 Å². The number of nitrogens with one attached hydrogen (secondary N) is 1. The molecule has 1 saturated carbocycles. The fraction of sp³-hybridized carbons (Fsp3) is 0.576. The molecule has 5 heterocycles. The number of benzene rings is 1. The molecule has 8 bridgehead atoms. The SMILES string of the molecule is Cc1nc2c3cc(C4(C#N)CC4)c(=O)n(c3n1)C(C(F)F)CCCCCN1CCC(CC1)C(F)(F)c1cccc(c1F)[C@@H](C)N2. The number of pyridine rings is 1. The number of anilines is 1. The maximum atomic E-state index is 16.0. The number of fused-ring (bicyclic) bond motifs is 8. The zero-order valence-corrected chi connectivity index (χ0v) is 25.4. The zero-order chi connectivity index (χ0) is 32.1. The lowest BCUT2D eigenvalue weighted by molar-refractivity contribution is -0.0880. The van der Waals surface area contributed by atoms with Crippen LogP contribution < -0.4 is 10.9 Å². The molecule has 1 aromatic carbocycles. The average molecular weight is 629 g/mol. The summed E-state index contributed by atoms with van der Waals surface area (Å²) in [7, 11) is 0. The van der Waals surface area contributed by atoms with Crippen molar-refractivity contribution in [3.05, 3.63) is 63.0 Å². The fourth-order valence-electron chi connectivity index (χ4n) is 7.04. The highest BCUT2D eigenvalue weighted by Gasteiger charge is 2.48. The molecule has 0 radical (unpaired) electrons.